The number of fused-ring (bicyclic) bond motifs is 1. The molecule has 2 rings (SSSR count). The van der Waals surface area contributed by atoms with E-state index in [2.05, 4.69) is 0 Å². The summed E-state index contributed by atoms with van der Waals surface area (Å²) < 4.78 is 1.12. The van der Waals surface area contributed by atoms with E-state index in [1.165, 1.54) is 0 Å². The summed E-state index contributed by atoms with van der Waals surface area (Å²) in [7, 11) is 0. The lowest BCUT2D eigenvalue weighted by molar-refractivity contribution is 0.112. The molecule has 0 saturated carbocycles. The second-order valence-corrected chi connectivity index (χ2v) is 3.80. The molecule has 0 N–H and O–H groups in total. The first-order valence-corrected chi connectivity index (χ1v) is 4.69. The lowest BCUT2D eigenvalue weighted by atomic mass is 10.2. The molecule has 0 aliphatic carbocycles. The van der Waals surface area contributed by atoms with Gasteiger partial charge in [-0.3, -0.25) is 4.79 Å². The van der Waals surface area contributed by atoms with Crippen molar-refractivity contribution in [1.82, 2.24) is 0 Å². The molecule has 12 heavy (non-hydrogen) atoms. The van der Waals surface area contributed by atoms with Crippen LogP contribution in [0.15, 0.2) is 23.6 Å². The van der Waals surface area contributed by atoms with E-state index in [4.69, 9.17) is 11.6 Å². The summed E-state index contributed by atoms with van der Waals surface area (Å²) >= 11 is 7.46. The second kappa shape index (κ2) is 2.88. The van der Waals surface area contributed by atoms with Crippen LogP contribution >= 0.6 is 22.9 Å². The Labute approximate surface area is 78.6 Å². The molecule has 0 amide bonds. The fourth-order valence-electron chi connectivity index (χ4n) is 1.09. The number of benzene rings is 1. The van der Waals surface area contributed by atoms with Gasteiger partial charge in [-0.05, 0) is 29.0 Å². The van der Waals surface area contributed by atoms with Crippen molar-refractivity contribution >= 4 is 39.3 Å². The van der Waals surface area contributed by atoms with Crippen LogP contribution in [0.2, 0.25) is 5.02 Å². The average Bonchev–Trinajstić information content (AvgIpc) is 2.49. The van der Waals surface area contributed by atoms with E-state index < -0.39 is 0 Å². The van der Waals surface area contributed by atoms with E-state index in [0.717, 1.165) is 16.4 Å². The van der Waals surface area contributed by atoms with E-state index in [1.807, 2.05) is 17.5 Å². The molecule has 0 atom stereocenters. The SMILES string of the molecule is O=Cc1cc2ccsc2cc1Cl. The highest BCUT2D eigenvalue weighted by atomic mass is 35.5. The van der Waals surface area contributed by atoms with Gasteiger partial charge < -0.3 is 0 Å². The average molecular weight is 197 g/mol. The number of halogens is 1. The first-order chi connectivity index (χ1) is 5.81. The van der Waals surface area contributed by atoms with E-state index >= 15 is 0 Å². The second-order valence-electron chi connectivity index (χ2n) is 2.45. The summed E-state index contributed by atoms with van der Waals surface area (Å²) in [5, 5.41) is 3.58. The minimum Gasteiger partial charge on any atom is -0.298 e. The van der Waals surface area contributed by atoms with Crippen molar-refractivity contribution < 1.29 is 4.79 Å². The minimum atomic E-state index is 0.528. The summed E-state index contributed by atoms with van der Waals surface area (Å²) in [5.74, 6) is 0. The zero-order valence-electron chi connectivity index (χ0n) is 6.08. The van der Waals surface area contributed by atoms with Crippen LogP contribution in [0.25, 0.3) is 10.1 Å². The van der Waals surface area contributed by atoms with Crippen molar-refractivity contribution in [2.24, 2.45) is 0 Å². The molecule has 0 unspecified atom stereocenters. The number of thiophene rings is 1. The molecule has 0 aliphatic rings. The van der Waals surface area contributed by atoms with Crippen LogP contribution < -0.4 is 0 Å². The smallest absolute Gasteiger partial charge is 0.151 e. The topological polar surface area (TPSA) is 17.1 Å². The highest BCUT2D eigenvalue weighted by Crippen LogP contribution is 2.26. The molecule has 2 aromatic rings. The predicted octanol–water partition coefficient (Wildman–Crippen LogP) is 3.37. The fraction of sp³-hybridized carbons (Fsp3) is 0. The normalized spacial score (nSPS) is 10.4. The van der Waals surface area contributed by atoms with Crippen LogP contribution in [-0.4, -0.2) is 6.29 Å². The van der Waals surface area contributed by atoms with Crippen molar-refractivity contribution in [3.05, 3.63) is 34.2 Å². The third-order valence-corrected chi connectivity index (χ3v) is 2.91. The van der Waals surface area contributed by atoms with Gasteiger partial charge in [0, 0.05) is 10.3 Å². The van der Waals surface area contributed by atoms with Crippen LogP contribution in [0.3, 0.4) is 0 Å². The molecule has 0 aliphatic heterocycles. The number of carbonyl (C=O) groups excluding carboxylic acids is 1. The molecule has 0 radical (unpaired) electrons. The molecular weight excluding hydrogens is 192 g/mol. The third-order valence-electron chi connectivity index (χ3n) is 1.70. The molecule has 0 saturated heterocycles. The molecule has 1 heterocycles. The maximum absolute atomic E-state index is 10.5. The first-order valence-electron chi connectivity index (χ1n) is 3.43. The van der Waals surface area contributed by atoms with Crippen molar-refractivity contribution in [2.75, 3.05) is 0 Å². The number of hydrogen-bond acceptors (Lipinski definition) is 2. The van der Waals surface area contributed by atoms with Crippen LogP contribution in [0.4, 0.5) is 0 Å². The maximum atomic E-state index is 10.5. The van der Waals surface area contributed by atoms with Crippen LogP contribution in [0.1, 0.15) is 10.4 Å². The zero-order chi connectivity index (χ0) is 8.55. The lowest BCUT2D eigenvalue weighted by Gasteiger charge is -1.95. The molecule has 1 nitrogen and oxygen atoms in total. The van der Waals surface area contributed by atoms with E-state index in [-0.39, 0.29) is 0 Å². The highest BCUT2D eigenvalue weighted by Gasteiger charge is 2.01. The third kappa shape index (κ3) is 1.13. The summed E-state index contributed by atoms with van der Waals surface area (Å²) in [4.78, 5) is 10.5. The molecule has 0 fully saturated rings. The molecule has 3 heteroatoms. The summed E-state index contributed by atoms with van der Waals surface area (Å²) in [6.07, 6.45) is 0.777. The van der Waals surface area contributed by atoms with Gasteiger partial charge in [-0.25, -0.2) is 0 Å². The van der Waals surface area contributed by atoms with E-state index in [1.54, 1.807) is 17.4 Å². The Hall–Kier alpha value is -0.860. The van der Waals surface area contributed by atoms with Crippen molar-refractivity contribution in [2.45, 2.75) is 0 Å². The van der Waals surface area contributed by atoms with E-state index in [9.17, 15) is 4.79 Å². The van der Waals surface area contributed by atoms with Gasteiger partial charge in [0.25, 0.3) is 0 Å². The highest BCUT2D eigenvalue weighted by molar-refractivity contribution is 7.17. The molecule has 60 valence electrons. The van der Waals surface area contributed by atoms with Gasteiger partial charge in [0.15, 0.2) is 6.29 Å². The van der Waals surface area contributed by atoms with Gasteiger partial charge in [-0.1, -0.05) is 11.6 Å². The summed E-state index contributed by atoms with van der Waals surface area (Å²) in [5.41, 5.74) is 0.558. The minimum absolute atomic E-state index is 0.528. The van der Waals surface area contributed by atoms with Gasteiger partial charge in [0.1, 0.15) is 0 Å². The van der Waals surface area contributed by atoms with Crippen LogP contribution in [0, 0.1) is 0 Å². The Balaban J connectivity index is 2.81. The van der Waals surface area contributed by atoms with Crippen LogP contribution in [0.5, 0.6) is 0 Å². The zero-order valence-corrected chi connectivity index (χ0v) is 7.65. The van der Waals surface area contributed by atoms with Crippen molar-refractivity contribution in [3.63, 3.8) is 0 Å². The number of aldehydes is 1. The summed E-state index contributed by atoms with van der Waals surface area (Å²) in [6.45, 7) is 0. The fourth-order valence-corrected chi connectivity index (χ4v) is 2.18. The maximum Gasteiger partial charge on any atom is 0.151 e. The largest absolute Gasteiger partial charge is 0.298 e. The molecule has 1 aromatic carbocycles. The van der Waals surface area contributed by atoms with Gasteiger partial charge in [0.05, 0.1) is 5.02 Å². The Morgan fingerprint density at radius 1 is 1.42 bits per heavy atom. The number of rotatable bonds is 1. The summed E-state index contributed by atoms with van der Waals surface area (Å²) in [6, 6.07) is 5.61. The standard InChI is InChI=1S/C9H5ClOS/c10-8-4-9-6(1-2-12-9)3-7(8)5-11/h1-5H. The van der Waals surface area contributed by atoms with Crippen molar-refractivity contribution in [1.29, 1.82) is 0 Å². The van der Waals surface area contributed by atoms with Gasteiger partial charge in [-0.2, -0.15) is 0 Å². The Morgan fingerprint density at radius 3 is 3.00 bits per heavy atom. The lowest BCUT2D eigenvalue weighted by Crippen LogP contribution is -1.79. The van der Waals surface area contributed by atoms with Crippen molar-refractivity contribution in [3.8, 4) is 0 Å². The van der Waals surface area contributed by atoms with Gasteiger partial charge in [-0.15, -0.1) is 11.3 Å². The Morgan fingerprint density at radius 2 is 2.25 bits per heavy atom. The monoisotopic (exact) mass is 196 g/mol. The quantitative estimate of drug-likeness (QED) is 0.640. The van der Waals surface area contributed by atoms with Crippen LogP contribution in [-0.2, 0) is 0 Å². The van der Waals surface area contributed by atoms with Gasteiger partial charge in [0.2, 0.25) is 0 Å². The number of carbonyl (C=O) groups is 1. The predicted molar refractivity (Wildman–Crippen MR) is 52.2 cm³/mol. The molecule has 0 spiro atoms. The molecule has 0 bridgehead atoms. The Bertz CT molecular complexity index is 433. The first kappa shape index (κ1) is 7.77. The molecular formula is C9H5ClOS. The number of hydrogen-bond donors (Lipinski definition) is 0. The van der Waals surface area contributed by atoms with Gasteiger partial charge >= 0.3 is 0 Å². The van der Waals surface area contributed by atoms with E-state index in [0.29, 0.717) is 10.6 Å². The molecule has 1 aromatic heterocycles. The Kier molecular flexibility index (Phi) is 1.87.